The summed E-state index contributed by atoms with van der Waals surface area (Å²) in [6, 6.07) is 15.1. The normalized spacial score (nSPS) is 12.0. The lowest BCUT2D eigenvalue weighted by molar-refractivity contribution is 0.262. The van der Waals surface area contributed by atoms with Crippen molar-refractivity contribution in [1.82, 2.24) is 0 Å². The summed E-state index contributed by atoms with van der Waals surface area (Å²) in [6.07, 6.45) is 0. The van der Waals surface area contributed by atoms with Gasteiger partial charge in [0.2, 0.25) is 0 Å². The Morgan fingerprint density at radius 2 is 1.59 bits per heavy atom. The van der Waals surface area contributed by atoms with Crippen molar-refractivity contribution in [2.75, 3.05) is 10.6 Å². The van der Waals surface area contributed by atoms with Crippen LogP contribution in [0.4, 0.5) is 16.2 Å². The lowest BCUT2D eigenvalue weighted by Gasteiger charge is -2.14. The summed E-state index contributed by atoms with van der Waals surface area (Å²) in [7, 11) is 0. The number of urea groups is 1. The van der Waals surface area contributed by atoms with Crippen molar-refractivity contribution >= 4 is 17.4 Å². The second-order valence-corrected chi connectivity index (χ2v) is 5.73. The van der Waals surface area contributed by atoms with E-state index in [2.05, 4.69) is 24.5 Å². The Hall–Kier alpha value is -2.33. The van der Waals surface area contributed by atoms with E-state index >= 15 is 0 Å². The minimum Gasteiger partial charge on any atom is -0.324 e. The molecule has 2 amide bonds. The van der Waals surface area contributed by atoms with Crippen LogP contribution >= 0.6 is 0 Å². The van der Waals surface area contributed by atoms with Gasteiger partial charge < -0.3 is 16.4 Å². The Morgan fingerprint density at radius 3 is 2.18 bits per heavy atom. The fourth-order valence-corrected chi connectivity index (χ4v) is 2.27. The van der Waals surface area contributed by atoms with Gasteiger partial charge in [0.25, 0.3) is 0 Å². The molecule has 1 atom stereocenters. The average molecular weight is 297 g/mol. The van der Waals surface area contributed by atoms with Gasteiger partial charge in [0, 0.05) is 17.4 Å². The molecule has 0 spiro atoms. The van der Waals surface area contributed by atoms with Crippen molar-refractivity contribution in [2.24, 2.45) is 5.73 Å². The van der Waals surface area contributed by atoms with Crippen LogP contribution in [-0.2, 0) is 0 Å². The molecule has 0 aromatic heterocycles. The van der Waals surface area contributed by atoms with Crippen LogP contribution in [0, 0.1) is 0 Å². The highest BCUT2D eigenvalue weighted by atomic mass is 16.2. The molecular weight excluding hydrogens is 274 g/mol. The van der Waals surface area contributed by atoms with E-state index in [1.54, 1.807) is 0 Å². The third-order valence-corrected chi connectivity index (χ3v) is 3.53. The molecule has 0 heterocycles. The number of anilines is 2. The monoisotopic (exact) mass is 297 g/mol. The van der Waals surface area contributed by atoms with E-state index in [-0.39, 0.29) is 12.1 Å². The molecule has 116 valence electrons. The first kappa shape index (κ1) is 16.0. The lowest BCUT2D eigenvalue weighted by atomic mass is 10.0. The highest BCUT2D eigenvalue weighted by molar-refractivity contribution is 6.00. The lowest BCUT2D eigenvalue weighted by Crippen LogP contribution is -2.20. The summed E-state index contributed by atoms with van der Waals surface area (Å²) in [6.45, 7) is 6.13. The zero-order valence-electron chi connectivity index (χ0n) is 13.3. The van der Waals surface area contributed by atoms with Gasteiger partial charge in [-0.1, -0.05) is 44.2 Å². The van der Waals surface area contributed by atoms with Gasteiger partial charge in [0.15, 0.2) is 0 Å². The van der Waals surface area contributed by atoms with Crippen LogP contribution in [0.15, 0.2) is 48.5 Å². The molecule has 0 aliphatic heterocycles. The molecule has 2 aromatic rings. The molecule has 4 heteroatoms. The fraction of sp³-hybridized carbons (Fsp3) is 0.278. The summed E-state index contributed by atoms with van der Waals surface area (Å²) in [5, 5.41) is 5.73. The Morgan fingerprint density at radius 1 is 0.955 bits per heavy atom. The predicted octanol–water partition coefficient (Wildman–Crippen LogP) is 4.47. The summed E-state index contributed by atoms with van der Waals surface area (Å²) < 4.78 is 0. The number of hydrogen-bond donors (Lipinski definition) is 3. The third-order valence-electron chi connectivity index (χ3n) is 3.53. The number of carbonyl (C=O) groups excluding carboxylic acids is 1. The molecule has 0 aliphatic carbocycles. The van der Waals surface area contributed by atoms with Gasteiger partial charge in [-0.25, -0.2) is 4.79 Å². The van der Waals surface area contributed by atoms with Gasteiger partial charge in [-0.05, 0) is 42.2 Å². The molecule has 2 aromatic carbocycles. The zero-order valence-corrected chi connectivity index (χ0v) is 13.3. The SMILES string of the molecule is CC(C)c1ccccc1NC(=O)Nc1ccc(C(C)N)cc1. The van der Waals surface area contributed by atoms with E-state index in [0.29, 0.717) is 5.92 Å². The highest BCUT2D eigenvalue weighted by Gasteiger charge is 2.09. The van der Waals surface area contributed by atoms with Gasteiger partial charge in [-0.15, -0.1) is 0 Å². The van der Waals surface area contributed by atoms with Crippen molar-refractivity contribution in [1.29, 1.82) is 0 Å². The molecule has 0 saturated carbocycles. The van der Waals surface area contributed by atoms with E-state index in [1.165, 1.54) is 0 Å². The number of rotatable bonds is 4. The molecule has 0 bridgehead atoms. The van der Waals surface area contributed by atoms with Gasteiger partial charge in [-0.3, -0.25) is 0 Å². The van der Waals surface area contributed by atoms with E-state index in [9.17, 15) is 4.79 Å². The van der Waals surface area contributed by atoms with Crippen molar-refractivity contribution in [3.8, 4) is 0 Å². The topological polar surface area (TPSA) is 67.2 Å². The predicted molar refractivity (Wildman–Crippen MR) is 92.2 cm³/mol. The fourth-order valence-electron chi connectivity index (χ4n) is 2.27. The summed E-state index contributed by atoms with van der Waals surface area (Å²) in [5.74, 6) is 0.349. The third kappa shape index (κ3) is 4.09. The molecule has 4 nitrogen and oxygen atoms in total. The maximum atomic E-state index is 12.1. The second kappa shape index (κ2) is 7.09. The first-order chi connectivity index (χ1) is 10.5. The maximum Gasteiger partial charge on any atom is 0.323 e. The molecular formula is C18H23N3O. The molecule has 1 unspecified atom stereocenters. The molecule has 4 N–H and O–H groups in total. The summed E-state index contributed by atoms with van der Waals surface area (Å²) in [4.78, 5) is 12.1. The van der Waals surface area contributed by atoms with Gasteiger partial charge >= 0.3 is 6.03 Å². The van der Waals surface area contributed by atoms with Crippen LogP contribution in [0.5, 0.6) is 0 Å². The largest absolute Gasteiger partial charge is 0.324 e. The number of para-hydroxylation sites is 1. The van der Waals surface area contributed by atoms with Crippen LogP contribution in [-0.4, -0.2) is 6.03 Å². The zero-order chi connectivity index (χ0) is 16.1. The number of hydrogen-bond acceptors (Lipinski definition) is 2. The van der Waals surface area contributed by atoms with Gasteiger partial charge in [0.1, 0.15) is 0 Å². The van der Waals surface area contributed by atoms with Crippen molar-refractivity contribution in [3.63, 3.8) is 0 Å². The maximum absolute atomic E-state index is 12.1. The number of nitrogens with two attached hydrogens (primary N) is 1. The summed E-state index contributed by atoms with van der Waals surface area (Å²) >= 11 is 0. The molecule has 2 rings (SSSR count). The molecule has 0 radical (unpaired) electrons. The van der Waals surface area contributed by atoms with Crippen molar-refractivity contribution < 1.29 is 4.79 Å². The van der Waals surface area contributed by atoms with Crippen LogP contribution in [0.1, 0.15) is 43.9 Å². The first-order valence-corrected chi connectivity index (χ1v) is 7.50. The quantitative estimate of drug-likeness (QED) is 0.779. The van der Waals surface area contributed by atoms with Crippen molar-refractivity contribution in [3.05, 3.63) is 59.7 Å². The minimum atomic E-state index is -0.248. The Balaban J connectivity index is 2.04. The van der Waals surface area contributed by atoms with E-state index in [0.717, 1.165) is 22.5 Å². The number of amides is 2. The van der Waals surface area contributed by atoms with E-state index < -0.39 is 0 Å². The highest BCUT2D eigenvalue weighted by Crippen LogP contribution is 2.24. The van der Waals surface area contributed by atoms with Crippen LogP contribution in [0.25, 0.3) is 0 Å². The van der Waals surface area contributed by atoms with E-state index in [1.807, 2.05) is 55.5 Å². The summed E-state index contributed by atoms with van der Waals surface area (Å²) in [5.41, 5.74) is 9.54. The Bertz CT molecular complexity index is 633. The Kier molecular flexibility index (Phi) is 5.17. The van der Waals surface area contributed by atoms with Crippen LogP contribution < -0.4 is 16.4 Å². The first-order valence-electron chi connectivity index (χ1n) is 7.50. The second-order valence-electron chi connectivity index (χ2n) is 5.73. The molecule has 22 heavy (non-hydrogen) atoms. The number of carbonyl (C=O) groups is 1. The van der Waals surface area contributed by atoms with Crippen molar-refractivity contribution in [2.45, 2.75) is 32.7 Å². The standard InChI is InChI=1S/C18H23N3O/c1-12(2)16-6-4-5-7-17(16)21-18(22)20-15-10-8-14(9-11-15)13(3)19/h4-13H,19H2,1-3H3,(H2,20,21,22). The number of nitrogens with one attached hydrogen (secondary N) is 2. The van der Waals surface area contributed by atoms with Crippen LogP contribution in [0.3, 0.4) is 0 Å². The smallest absolute Gasteiger partial charge is 0.323 e. The Labute approximate surface area is 131 Å². The van der Waals surface area contributed by atoms with Gasteiger partial charge in [-0.2, -0.15) is 0 Å². The average Bonchev–Trinajstić information content (AvgIpc) is 2.48. The van der Waals surface area contributed by atoms with Crippen LogP contribution in [0.2, 0.25) is 0 Å². The molecule has 0 saturated heterocycles. The van der Waals surface area contributed by atoms with Gasteiger partial charge in [0.05, 0.1) is 0 Å². The molecule has 0 fully saturated rings. The van der Waals surface area contributed by atoms with E-state index in [4.69, 9.17) is 5.73 Å². The minimum absolute atomic E-state index is 0.0132. The number of benzene rings is 2. The molecule has 0 aliphatic rings.